The van der Waals surface area contributed by atoms with Gasteiger partial charge in [0.25, 0.3) is 5.91 Å². The highest BCUT2D eigenvalue weighted by Crippen LogP contribution is 2.26. The average molecular weight is 405 g/mol. The normalized spacial score (nSPS) is 13.9. The van der Waals surface area contributed by atoms with E-state index in [4.69, 9.17) is 21.1 Å². The Morgan fingerprint density at radius 3 is 2.46 bits per heavy atom. The monoisotopic (exact) mass is 404 g/mol. The van der Waals surface area contributed by atoms with Crippen LogP contribution in [0.4, 0.5) is 5.69 Å². The van der Waals surface area contributed by atoms with Crippen LogP contribution in [0.2, 0.25) is 5.02 Å². The van der Waals surface area contributed by atoms with Crippen LogP contribution in [0, 0.1) is 0 Å². The van der Waals surface area contributed by atoms with Crippen LogP contribution in [0.1, 0.15) is 10.4 Å². The Labute approximate surface area is 168 Å². The summed E-state index contributed by atoms with van der Waals surface area (Å²) < 4.78 is 10.0. The fourth-order valence-electron chi connectivity index (χ4n) is 3.01. The number of phenols is 1. The van der Waals surface area contributed by atoms with Gasteiger partial charge in [0.05, 0.1) is 17.8 Å². The lowest BCUT2D eigenvalue weighted by Crippen LogP contribution is -2.50. The standard InChI is InChI=1S/C20H21ClN2O5/c1-27-14-6-7-15(18(24)12-14)20(26)28-13-19(25)23-10-8-22(9-11-23)17-5-3-2-4-16(17)21/h2-7,12,24H,8-11,13H2,1H3. The molecule has 0 radical (unpaired) electrons. The number of hydrogen-bond acceptors (Lipinski definition) is 6. The first-order chi connectivity index (χ1) is 13.5. The number of piperazine rings is 1. The van der Waals surface area contributed by atoms with Crippen LogP contribution < -0.4 is 9.64 Å². The number of carbonyl (C=O) groups excluding carboxylic acids is 2. The van der Waals surface area contributed by atoms with E-state index in [2.05, 4.69) is 4.90 Å². The zero-order valence-corrected chi connectivity index (χ0v) is 16.2. The molecule has 0 aliphatic carbocycles. The van der Waals surface area contributed by atoms with Crippen LogP contribution in [0.15, 0.2) is 42.5 Å². The summed E-state index contributed by atoms with van der Waals surface area (Å²) in [6.45, 7) is 1.92. The molecule has 0 unspecified atom stereocenters. The number of rotatable bonds is 5. The van der Waals surface area contributed by atoms with Gasteiger partial charge in [-0.1, -0.05) is 23.7 Å². The number of amides is 1. The molecule has 8 heteroatoms. The molecule has 1 aliphatic rings. The quantitative estimate of drug-likeness (QED) is 0.771. The molecule has 0 saturated carbocycles. The fourth-order valence-corrected chi connectivity index (χ4v) is 3.27. The minimum atomic E-state index is -0.761. The van der Waals surface area contributed by atoms with E-state index in [1.807, 2.05) is 24.3 Å². The van der Waals surface area contributed by atoms with Crippen molar-refractivity contribution in [2.75, 3.05) is 44.8 Å². The van der Waals surface area contributed by atoms with Gasteiger partial charge in [0.15, 0.2) is 6.61 Å². The molecule has 2 aromatic rings. The summed E-state index contributed by atoms with van der Waals surface area (Å²) in [6.07, 6.45) is 0. The largest absolute Gasteiger partial charge is 0.507 e. The first-order valence-corrected chi connectivity index (χ1v) is 9.19. The van der Waals surface area contributed by atoms with Gasteiger partial charge in [0.2, 0.25) is 0 Å². The molecule has 1 fully saturated rings. The molecule has 2 aromatic carbocycles. The topological polar surface area (TPSA) is 79.3 Å². The summed E-state index contributed by atoms with van der Waals surface area (Å²) >= 11 is 6.22. The molecule has 1 amide bonds. The third kappa shape index (κ3) is 4.48. The number of methoxy groups -OCH3 is 1. The van der Waals surface area contributed by atoms with E-state index in [-0.39, 0.29) is 23.8 Å². The van der Waals surface area contributed by atoms with E-state index < -0.39 is 5.97 Å². The molecule has 1 saturated heterocycles. The van der Waals surface area contributed by atoms with Gasteiger partial charge in [-0.05, 0) is 24.3 Å². The highest BCUT2D eigenvalue weighted by molar-refractivity contribution is 6.33. The van der Waals surface area contributed by atoms with Crippen LogP contribution in [-0.2, 0) is 9.53 Å². The molecule has 0 aromatic heterocycles. The number of para-hydroxylation sites is 1. The summed E-state index contributed by atoms with van der Waals surface area (Å²) in [4.78, 5) is 28.2. The maximum Gasteiger partial charge on any atom is 0.342 e. The Kier molecular flexibility index (Phi) is 6.26. The number of ether oxygens (including phenoxy) is 2. The van der Waals surface area contributed by atoms with Crippen LogP contribution in [0.3, 0.4) is 0 Å². The van der Waals surface area contributed by atoms with E-state index in [0.29, 0.717) is 37.0 Å². The van der Waals surface area contributed by atoms with Crippen LogP contribution in [-0.4, -0.2) is 61.8 Å². The van der Waals surface area contributed by atoms with Crippen molar-refractivity contribution in [3.63, 3.8) is 0 Å². The Morgan fingerprint density at radius 1 is 1.11 bits per heavy atom. The SMILES string of the molecule is COc1ccc(C(=O)OCC(=O)N2CCN(c3ccccc3Cl)CC2)c(O)c1. The molecule has 0 spiro atoms. The minimum absolute atomic E-state index is 0.0165. The van der Waals surface area contributed by atoms with Crippen molar-refractivity contribution in [2.45, 2.75) is 0 Å². The van der Waals surface area contributed by atoms with Crippen molar-refractivity contribution < 1.29 is 24.2 Å². The van der Waals surface area contributed by atoms with E-state index in [1.54, 1.807) is 4.90 Å². The molecule has 1 heterocycles. The van der Waals surface area contributed by atoms with Gasteiger partial charge >= 0.3 is 5.97 Å². The van der Waals surface area contributed by atoms with Crippen LogP contribution in [0.25, 0.3) is 0 Å². The summed E-state index contributed by atoms with van der Waals surface area (Å²) in [5, 5.41) is 10.6. The number of carbonyl (C=O) groups is 2. The Balaban J connectivity index is 1.51. The number of benzene rings is 2. The summed E-state index contributed by atoms with van der Waals surface area (Å²) in [7, 11) is 1.46. The van der Waals surface area contributed by atoms with E-state index >= 15 is 0 Å². The highest BCUT2D eigenvalue weighted by atomic mass is 35.5. The first kappa shape index (κ1) is 19.8. The van der Waals surface area contributed by atoms with Gasteiger partial charge in [-0.2, -0.15) is 0 Å². The molecule has 3 rings (SSSR count). The van der Waals surface area contributed by atoms with Crippen molar-refractivity contribution >= 4 is 29.2 Å². The lowest BCUT2D eigenvalue weighted by molar-refractivity contribution is -0.134. The second-order valence-electron chi connectivity index (χ2n) is 6.28. The predicted molar refractivity (Wildman–Crippen MR) is 105 cm³/mol. The number of aromatic hydroxyl groups is 1. The Morgan fingerprint density at radius 2 is 1.82 bits per heavy atom. The highest BCUT2D eigenvalue weighted by Gasteiger charge is 2.23. The van der Waals surface area contributed by atoms with Crippen molar-refractivity contribution in [1.29, 1.82) is 0 Å². The smallest absolute Gasteiger partial charge is 0.342 e. The number of anilines is 1. The van der Waals surface area contributed by atoms with Gasteiger partial charge in [0.1, 0.15) is 17.1 Å². The molecule has 7 nitrogen and oxygen atoms in total. The maximum absolute atomic E-state index is 12.4. The molecule has 1 aliphatic heterocycles. The maximum atomic E-state index is 12.4. The van der Waals surface area contributed by atoms with Crippen LogP contribution >= 0.6 is 11.6 Å². The zero-order chi connectivity index (χ0) is 20.1. The number of esters is 1. The van der Waals surface area contributed by atoms with Crippen LogP contribution in [0.5, 0.6) is 11.5 Å². The third-order valence-corrected chi connectivity index (χ3v) is 4.90. The molecule has 1 N–H and O–H groups in total. The molecule has 0 atom stereocenters. The predicted octanol–water partition coefficient (Wildman–Crippen LogP) is 2.56. The third-order valence-electron chi connectivity index (χ3n) is 4.58. The summed E-state index contributed by atoms with van der Waals surface area (Å²) in [6, 6.07) is 11.8. The molecular formula is C20H21ClN2O5. The number of hydrogen-bond donors (Lipinski definition) is 1. The molecule has 0 bridgehead atoms. The lowest BCUT2D eigenvalue weighted by atomic mass is 10.2. The molecular weight excluding hydrogens is 384 g/mol. The average Bonchev–Trinajstić information content (AvgIpc) is 2.72. The Bertz CT molecular complexity index is 865. The van der Waals surface area contributed by atoms with Crippen molar-refractivity contribution in [3.8, 4) is 11.5 Å². The van der Waals surface area contributed by atoms with E-state index in [1.165, 1.54) is 25.3 Å². The second kappa shape index (κ2) is 8.84. The van der Waals surface area contributed by atoms with Gasteiger partial charge in [0, 0.05) is 32.2 Å². The number of nitrogens with zero attached hydrogens (tertiary/aromatic N) is 2. The van der Waals surface area contributed by atoms with Crippen molar-refractivity contribution in [2.24, 2.45) is 0 Å². The van der Waals surface area contributed by atoms with Gasteiger partial charge in [-0.3, -0.25) is 4.79 Å². The van der Waals surface area contributed by atoms with Crippen molar-refractivity contribution in [3.05, 3.63) is 53.1 Å². The van der Waals surface area contributed by atoms with Gasteiger partial charge in [-0.15, -0.1) is 0 Å². The Hall–Kier alpha value is -2.93. The summed E-state index contributed by atoms with van der Waals surface area (Å²) in [5.74, 6) is -0.880. The van der Waals surface area contributed by atoms with Crippen molar-refractivity contribution in [1.82, 2.24) is 4.90 Å². The lowest BCUT2D eigenvalue weighted by Gasteiger charge is -2.36. The summed E-state index contributed by atoms with van der Waals surface area (Å²) in [5.41, 5.74) is 0.926. The minimum Gasteiger partial charge on any atom is -0.507 e. The number of halogens is 1. The zero-order valence-electron chi connectivity index (χ0n) is 15.4. The second-order valence-corrected chi connectivity index (χ2v) is 6.69. The first-order valence-electron chi connectivity index (χ1n) is 8.81. The van der Waals surface area contributed by atoms with Gasteiger partial charge in [-0.25, -0.2) is 4.79 Å². The van der Waals surface area contributed by atoms with Gasteiger partial charge < -0.3 is 24.4 Å². The number of phenolic OH excluding ortho intramolecular Hbond substituents is 1. The van der Waals surface area contributed by atoms with E-state index in [9.17, 15) is 14.7 Å². The van der Waals surface area contributed by atoms with E-state index in [0.717, 1.165) is 5.69 Å². The fraction of sp³-hybridized carbons (Fsp3) is 0.300. The molecule has 148 valence electrons. The molecule has 28 heavy (non-hydrogen) atoms.